The molecule has 0 aliphatic heterocycles. The fourth-order valence-electron chi connectivity index (χ4n) is 1.31. The Bertz CT molecular complexity index is 533. The van der Waals surface area contributed by atoms with Gasteiger partial charge in [-0.1, -0.05) is 6.07 Å². The topological polar surface area (TPSA) is 73.8 Å². The lowest BCUT2D eigenvalue weighted by atomic mass is 10.1. The van der Waals surface area contributed by atoms with E-state index >= 15 is 0 Å². The maximum Gasteiger partial charge on any atom is 0.290 e. The molecule has 76 valence electrons. The van der Waals surface area contributed by atoms with Gasteiger partial charge in [-0.2, -0.15) is 5.10 Å². The fourth-order valence-corrected chi connectivity index (χ4v) is 1.31. The van der Waals surface area contributed by atoms with E-state index in [-0.39, 0.29) is 11.2 Å². The third-order valence-electron chi connectivity index (χ3n) is 2.15. The molecule has 0 aliphatic carbocycles. The Morgan fingerprint density at radius 2 is 2.20 bits per heavy atom. The van der Waals surface area contributed by atoms with E-state index in [1.165, 1.54) is 4.68 Å². The molecule has 2 aromatic rings. The van der Waals surface area contributed by atoms with Crippen LogP contribution in [0.1, 0.15) is 0 Å². The van der Waals surface area contributed by atoms with Crippen LogP contribution in [0.15, 0.2) is 35.5 Å². The summed E-state index contributed by atoms with van der Waals surface area (Å²) in [5.74, 6) is 0. The van der Waals surface area contributed by atoms with Crippen LogP contribution < -0.4 is 11.3 Å². The number of rotatable bonds is 1. The van der Waals surface area contributed by atoms with E-state index in [2.05, 4.69) is 10.1 Å². The quantitative estimate of drug-likeness (QED) is 0.727. The Labute approximate surface area is 86.2 Å². The summed E-state index contributed by atoms with van der Waals surface area (Å²) in [5, 5.41) is 3.91. The van der Waals surface area contributed by atoms with Crippen molar-refractivity contribution in [2.45, 2.75) is 0 Å². The Hall–Kier alpha value is -2.17. The van der Waals surface area contributed by atoms with E-state index < -0.39 is 0 Å². The highest BCUT2D eigenvalue weighted by molar-refractivity contribution is 5.73. The molecule has 2 heterocycles. The summed E-state index contributed by atoms with van der Waals surface area (Å²) in [4.78, 5) is 15.5. The van der Waals surface area contributed by atoms with Gasteiger partial charge in [0.25, 0.3) is 5.56 Å². The second kappa shape index (κ2) is 3.53. The zero-order chi connectivity index (χ0) is 10.8. The van der Waals surface area contributed by atoms with Crippen LogP contribution in [-0.2, 0) is 7.05 Å². The summed E-state index contributed by atoms with van der Waals surface area (Å²) >= 11 is 0. The van der Waals surface area contributed by atoms with Crippen LogP contribution in [0, 0.1) is 0 Å². The highest BCUT2D eigenvalue weighted by Gasteiger charge is 2.07. The zero-order valence-corrected chi connectivity index (χ0v) is 8.21. The molecule has 0 aromatic carbocycles. The molecule has 15 heavy (non-hydrogen) atoms. The average molecular weight is 202 g/mol. The minimum atomic E-state index is -0.295. The Morgan fingerprint density at radius 3 is 2.87 bits per heavy atom. The summed E-state index contributed by atoms with van der Waals surface area (Å²) in [6.45, 7) is 0. The number of hydrogen-bond donors (Lipinski definition) is 1. The minimum Gasteiger partial charge on any atom is -0.394 e. The van der Waals surface area contributed by atoms with Crippen LogP contribution >= 0.6 is 0 Å². The number of nitrogens with two attached hydrogens (primary N) is 1. The number of aromatic nitrogens is 3. The van der Waals surface area contributed by atoms with Crippen molar-refractivity contribution in [1.29, 1.82) is 0 Å². The van der Waals surface area contributed by atoms with Crippen LogP contribution in [0.3, 0.4) is 0 Å². The van der Waals surface area contributed by atoms with E-state index in [1.807, 2.05) is 6.07 Å². The molecule has 2 rings (SSSR count). The molecule has 5 nitrogen and oxygen atoms in total. The fraction of sp³-hybridized carbons (Fsp3) is 0.100. The maximum atomic E-state index is 11.5. The molecular formula is C10H10N4O. The van der Waals surface area contributed by atoms with Crippen molar-refractivity contribution in [2.75, 3.05) is 5.73 Å². The van der Waals surface area contributed by atoms with Crippen LogP contribution in [-0.4, -0.2) is 14.8 Å². The van der Waals surface area contributed by atoms with Gasteiger partial charge in [0.1, 0.15) is 5.69 Å². The van der Waals surface area contributed by atoms with Crippen LogP contribution in [0.25, 0.3) is 11.1 Å². The third-order valence-corrected chi connectivity index (χ3v) is 2.15. The summed E-state index contributed by atoms with van der Waals surface area (Å²) < 4.78 is 1.20. The molecule has 0 aliphatic rings. The number of anilines is 1. The van der Waals surface area contributed by atoms with Gasteiger partial charge in [0.15, 0.2) is 0 Å². The van der Waals surface area contributed by atoms with Gasteiger partial charge in [-0.15, -0.1) is 0 Å². The molecule has 0 fully saturated rings. The second-order valence-corrected chi connectivity index (χ2v) is 3.14. The molecule has 2 aromatic heterocycles. The first-order chi connectivity index (χ1) is 7.20. The van der Waals surface area contributed by atoms with Crippen molar-refractivity contribution in [3.63, 3.8) is 0 Å². The lowest BCUT2D eigenvalue weighted by Crippen LogP contribution is -2.22. The molecular weight excluding hydrogens is 192 g/mol. The van der Waals surface area contributed by atoms with Gasteiger partial charge in [0, 0.05) is 30.6 Å². The Balaban J connectivity index is 2.66. The highest BCUT2D eigenvalue weighted by atomic mass is 16.1. The van der Waals surface area contributed by atoms with Gasteiger partial charge < -0.3 is 5.73 Å². The molecule has 0 radical (unpaired) electrons. The lowest BCUT2D eigenvalue weighted by Gasteiger charge is -2.05. The normalized spacial score (nSPS) is 10.2. The van der Waals surface area contributed by atoms with Crippen molar-refractivity contribution in [1.82, 2.24) is 14.8 Å². The van der Waals surface area contributed by atoms with E-state index in [1.54, 1.807) is 31.7 Å². The number of pyridine rings is 1. The lowest BCUT2D eigenvalue weighted by molar-refractivity contribution is 0.711. The zero-order valence-electron chi connectivity index (χ0n) is 8.21. The molecule has 0 unspecified atom stereocenters. The van der Waals surface area contributed by atoms with Gasteiger partial charge >= 0.3 is 0 Å². The van der Waals surface area contributed by atoms with Gasteiger partial charge in [-0.3, -0.25) is 9.78 Å². The molecule has 0 bridgehead atoms. The second-order valence-electron chi connectivity index (χ2n) is 3.14. The molecule has 0 atom stereocenters. The number of nitrogen functional groups attached to an aromatic ring is 1. The molecule has 0 spiro atoms. The monoisotopic (exact) mass is 202 g/mol. The summed E-state index contributed by atoms with van der Waals surface area (Å²) in [5.41, 5.74) is 7.02. The van der Waals surface area contributed by atoms with Crippen molar-refractivity contribution < 1.29 is 0 Å². The van der Waals surface area contributed by atoms with Gasteiger partial charge in [-0.05, 0) is 6.07 Å². The third kappa shape index (κ3) is 1.59. The van der Waals surface area contributed by atoms with Crippen LogP contribution in [0.5, 0.6) is 0 Å². The molecule has 5 heteroatoms. The van der Waals surface area contributed by atoms with E-state index in [9.17, 15) is 4.79 Å². The van der Waals surface area contributed by atoms with Gasteiger partial charge in [-0.25, -0.2) is 4.68 Å². The minimum absolute atomic E-state index is 0.195. The van der Waals surface area contributed by atoms with Crippen molar-refractivity contribution in [3.05, 3.63) is 41.1 Å². The van der Waals surface area contributed by atoms with E-state index in [0.717, 1.165) is 5.56 Å². The predicted molar refractivity (Wildman–Crippen MR) is 57.1 cm³/mol. The van der Waals surface area contributed by atoms with Crippen LogP contribution in [0.2, 0.25) is 0 Å². The predicted octanol–water partition coefficient (Wildman–Crippen LogP) is 0.424. The molecule has 0 saturated heterocycles. The first kappa shape index (κ1) is 9.39. The smallest absolute Gasteiger partial charge is 0.290 e. The molecule has 0 saturated carbocycles. The van der Waals surface area contributed by atoms with Crippen LogP contribution in [0.4, 0.5) is 5.69 Å². The molecule has 2 N–H and O–H groups in total. The highest BCUT2D eigenvalue weighted by Crippen LogP contribution is 2.20. The SMILES string of the molecule is Cn1ncc(-c2cccnc2)c(N)c1=O. The summed E-state index contributed by atoms with van der Waals surface area (Å²) in [6, 6.07) is 3.62. The Morgan fingerprint density at radius 1 is 1.40 bits per heavy atom. The van der Waals surface area contributed by atoms with E-state index in [4.69, 9.17) is 5.73 Å². The summed E-state index contributed by atoms with van der Waals surface area (Å²) in [6.07, 6.45) is 4.87. The number of nitrogens with zero attached hydrogens (tertiary/aromatic N) is 3. The van der Waals surface area contributed by atoms with Crippen molar-refractivity contribution in [2.24, 2.45) is 7.05 Å². The largest absolute Gasteiger partial charge is 0.394 e. The molecule has 0 amide bonds. The van der Waals surface area contributed by atoms with E-state index in [0.29, 0.717) is 5.56 Å². The maximum absolute atomic E-state index is 11.5. The van der Waals surface area contributed by atoms with Gasteiger partial charge in [0.05, 0.1) is 6.20 Å². The summed E-state index contributed by atoms with van der Waals surface area (Å²) in [7, 11) is 1.56. The standard InChI is InChI=1S/C10H10N4O/c1-14-10(15)9(11)8(6-13-14)7-3-2-4-12-5-7/h2-6H,11H2,1H3. The first-order valence-electron chi connectivity index (χ1n) is 4.42. The Kier molecular flexibility index (Phi) is 2.21. The van der Waals surface area contributed by atoms with Crippen molar-refractivity contribution in [3.8, 4) is 11.1 Å². The van der Waals surface area contributed by atoms with Gasteiger partial charge in [0.2, 0.25) is 0 Å². The number of hydrogen-bond acceptors (Lipinski definition) is 4. The average Bonchev–Trinajstić information content (AvgIpc) is 2.27. The van der Waals surface area contributed by atoms with Crippen molar-refractivity contribution >= 4 is 5.69 Å². The first-order valence-corrected chi connectivity index (χ1v) is 4.42. The number of aryl methyl sites for hydroxylation is 1.